The van der Waals surface area contributed by atoms with Crippen LogP contribution < -0.4 is 16.8 Å². The van der Waals surface area contributed by atoms with Gasteiger partial charge in [-0.25, -0.2) is 0 Å². The zero-order valence-electron chi connectivity index (χ0n) is 11.0. The van der Waals surface area contributed by atoms with Gasteiger partial charge in [0.2, 0.25) is 5.91 Å². The maximum absolute atomic E-state index is 11.1. The summed E-state index contributed by atoms with van der Waals surface area (Å²) in [7, 11) is 0. The lowest BCUT2D eigenvalue weighted by Crippen LogP contribution is -2.13. The molecule has 1 saturated carbocycles. The molecule has 5 heteroatoms. The Bertz CT molecular complexity index is 444. The summed E-state index contributed by atoms with van der Waals surface area (Å²) < 4.78 is 5.54. The lowest BCUT2D eigenvalue weighted by molar-refractivity contribution is 0.100. The van der Waals surface area contributed by atoms with E-state index in [2.05, 4.69) is 5.32 Å². The van der Waals surface area contributed by atoms with E-state index in [1.54, 1.807) is 18.2 Å². The Balaban J connectivity index is 1.71. The Morgan fingerprint density at radius 3 is 2.89 bits per heavy atom. The molecule has 0 aromatic heterocycles. The second kappa shape index (κ2) is 6.43. The molecule has 0 spiro atoms. The number of benzene rings is 1. The quantitative estimate of drug-likeness (QED) is 0.491. The van der Waals surface area contributed by atoms with Crippen LogP contribution in [0.5, 0.6) is 0 Å². The highest BCUT2D eigenvalue weighted by atomic mass is 16.5. The standard InChI is InChI=1S/C14H21N3O2/c15-12-5-4-11(14(16)18)8-13(12)17-6-1-7-19-9-10-2-3-10/h4-5,8,10,17H,1-3,6-7,9,15H2,(H2,16,18). The van der Waals surface area contributed by atoms with Crippen LogP contribution in [0.3, 0.4) is 0 Å². The third-order valence-electron chi connectivity index (χ3n) is 3.17. The molecule has 0 radical (unpaired) electrons. The highest BCUT2D eigenvalue weighted by Gasteiger charge is 2.20. The Morgan fingerprint density at radius 1 is 1.42 bits per heavy atom. The summed E-state index contributed by atoms with van der Waals surface area (Å²) in [6, 6.07) is 5.00. The molecule has 5 nitrogen and oxygen atoms in total. The van der Waals surface area contributed by atoms with Crippen molar-refractivity contribution in [3.63, 3.8) is 0 Å². The van der Waals surface area contributed by atoms with Crippen molar-refractivity contribution < 1.29 is 9.53 Å². The molecular weight excluding hydrogens is 242 g/mol. The first-order valence-electron chi connectivity index (χ1n) is 6.68. The van der Waals surface area contributed by atoms with Gasteiger partial charge in [-0.15, -0.1) is 0 Å². The molecule has 0 aliphatic heterocycles. The molecule has 1 amide bonds. The van der Waals surface area contributed by atoms with E-state index in [9.17, 15) is 4.79 Å². The summed E-state index contributed by atoms with van der Waals surface area (Å²) in [5, 5.41) is 3.20. The van der Waals surface area contributed by atoms with E-state index in [1.165, 1.54) is 12.8 Å². The van der Waals surface area contributed by atoms with Gasteiger partial charge in [0.1, 0.15) is 0 Å². The van der Waals surface area contributed by atoms with Crippen LogP contribution in [0, 0.1) is 5.92 Å². The van der Waals surface area contributed by atoms with Crippen LogP contribution in [0.4, 0.5) is 11.4 Å². The highest BCUT2D eigenvalue weighted by Crippen LogP contribution is 2.28. The van der Waals surface area contributed by atoms with E-state index in [0.717, 1.165) is 37.8 Å². The molecular formula is C14H21N3O2. The van der Waals surface area contributed by atoms with Gasteiger partial charge in [0.15, 0.2) is 0 Å². The average molecular weight is 263 g/mol. The van der Waals surface area contributed by atoms with Gasteiger partial charge in [0.25, 0.3) is 0 Å². The maximum atomic E-state index is 11.1. The van der Waals surface area contributed by atoms with E-state index in [0.29, 0.717) is 11.3 Å². The molecule has 0 saturated heterocycles. The first-order valence-corrected chi connectivity index (χ1v) is 6.68. The molecule has 5 N–H and O–H groups in total. The lowest BCUT2D eigenvalue weighted by atomic mass is 10.1. The number of carbonyl (C=O) groups excluding carboxylic acids is 1. The maximum Gasteiger partial charge on any atom is 0.248 e. The van der Waals surface area contributed by atoms with Crippen LogP contribution in [0.25, 0.3) is 0 Å². The number of nitrogens with two attached hydrogens (primary N) is 2. The number of primary amides is 1. The van der Waals surface area contributed by atoms with Gasteiger partial charge in [0.05, 0.1) is 11.4 Å². The predicted molar refractivity (Wildman–Crippen MR) is 76.0 cm³/mol. The second-order valence-electron chi connectivity index (χ2n) is 4.96. The number of nitrogen functional groups attached to an aromatic ring is 1. The fraction of sp³-hybridized carbons (Fsp3) is 0.500. The highest BCUT2D eigenvalue weighted by molar-refractivity contribution is 5.94. The topological polar surface area (TPSA) is 90.4 Å². The van der Waals surface area contributed by atoms with Crippen LogP contribution in [0.15, 0.2) is 18.2 Å². The zero-order chi connectivity index (χ0) is 13.7. The van der Waals surface area contributed by atoms with Crippen molar-refractivity contribution in [2.24, 2.45) is 11.7 Å². The van der Waals surface area contributed by atoms with E-state index >= 15 is 0 Å². The van der Waals surface area contributed by atoms with E-state index in [1.807, 2.05) is 0 Å². The summed E-state index contributed by atoms with van der Waals surface area (Å²) in [5.74, 6) is 0.353. The minimum absolute atomic E-state index is 0.448. The Kier molecular flexibility index (Phi) is 4.63. The van der Waals surface area contributed by atoms with Gasteiger partial charge in [0, 0.05) is 25.3 Å². The molecule has 0 bridgehead atoms. The van der Waals surface area contributed by atoms with Crippen molar-refractivity contribution in [2.45, 2.75) is 19.3 Å². The summed E-state index contributed by atoms with van der Waals surface area (Å²) in [6.45, 7) is 2.40. The normalized spacial score (nSPS) is 14.3. The van der Waals surface area contributed by atoms with Gasteiger partial charge in [-0.1, -0.05) is 0 Å². The smallest absolute Gasteiger partial charge is 0.248 e. The number of rotatable bonds is 8. The van der Waals surface area contributed by atoms with Crippen LogP contribution in [0.1, 0.15) is 29.6 Å². The monoisotopic (exact) mass is 263 g/mol. The molecule has 19 heavy (non-hydrogen) atoms. The largest absolute Gasteiger partial charge is 0.397 e. The van der Waals surface area contributed by atoms with Gasteiger partial charge >= 0.3 is 0 Å². The summed E-state index contributed by atoms with van der Waals surface area (Å²) in [4.78, 5) is 11.1. The third-order valence-corrected chi connectivity index (χ3v) is 3.17. The average Bonchev–Trinajstić information content (AvgIpc) is 3.19. The van der Waals surface area contributed by atoms with Crippen molar-refractivity contribution in [1.29, 1.82) is 0 Å². The number of nitrogens with one attached hydrogen (secondary N) is 1. The zero-order valence-corrected chi connectivity index (χ0v) is 11.0. The third kappa shape index (κ3) is 4.44. The second-order valence-corrected chi connectivity index (χ2v) is 4.96. The van der Waals surface area contributed by atoms with Gasteiger partial charge in [-0.2, -0.15) is 0 Å². The number of anilines is 2. The number of ether oxygens (including phenoxy) is 1. The van der Waals surface area contributed by atoms with Gasteiger partial charge in [-0.05, 0) is 43.4 Å². The Labute approximate surface area is 113 Å². The molecule has 104 valence electrons. The van der Waals surface area contributed by atoms with E-state index < -0.39 is 5.91 Å². The fourth-order valence-electron chi connectivity index (χ4n) is 1.79. The molecule has 1 aromatic carbocycles. The van der Waals surface area contributed by atoms with Crippen LogP contribution in [0.2, 0.25) is 0 Å². The summed E-state index contributed by atoms with van der Waals surface area (Å²) in [5.41, 5.74) is 12.9. The summed E-state index contributed by atoms with van der Waals surface area (Å²) >= 11 is 0. The van der Waals surface area contributed by atoms with Gasteiger partial charge in [-0.3, -0.25) is 4.79 Å². The molecule has 2 rings (SSSR count). The predicted octanol–water partition coefficient (Wildman–Crippen LogP) is 1.60. The lowest BCUT2D eigenvalue weighted by Gasteiger charge is -2.10. The SMILES string of the molecule is NC(=O)c1ccc(N)c(NCCCOCC2CC2)c1. The first-order chi connectivity index (χ1) is 9.16. The van der Waals surface area contributed by atoms with E-state index in [-0.39, 0.29) is 0 Å². The molecule has 1 aliphatic carbocycles. The number of hydrogen-bond acceptors (Lipinski definition) is 4. The molecule has 0 heterocycles. The van der Waals surface area contributed by atoms with Crippen molar-refractivity contribution in [2.75, 3.05) is 30.8 Å². The molecule has 0 atom stereocenters. The molecule has 0 unspecified atom stereocenters. The molecule has 1 fully saturated rings. The molecule has 1 aromatic rings. The molecule has 1 aliphatic rings. The van der Waals surface area contributed by atoms with Crippen LogP contribution in [-0.4, -0.2) is 25.7 Å². The number of hydrogen-bond donors (Lipinski definition) is 3. The van der Waals surface area contributed by atoms with Crippen molar-refractivity contribution >= 4 is 17.3 Å². The van der Waals surface area contributed by atoms with Crippen molar-refractivity contribution in [1.82, 2.24) is 0 Å². The van der Waals surface area contributed by atoms with Crippen LogP contribution >= 0.6 is 0 Å². The Morgan fingerprint density at radius 2 is 2.21 bits per heavy atom. The number of carbonyl (C=O) groups is 1. The van der Waals surface area contributed by atoms with E-state index in [4.69, 9.17) is 16.2 Å². The first kappa shape index (κ1) is 13.7. The number of amides is 1. The minimum atomic E-state index is -0.448. The van der Waals surface area contributed by atoms with Crippen molar-refractivity contribution in [3.8, 4) is 0 Å². The van der Waals surface area contributed by atoms with Crippen LogP contribution in [-0.2, 0) is 4.74 Å². The Hall–Kier alpha value is -1.75. The fourth-order valence-corrected chi connectivity index (χ4v) is 1.79. The van der Waals surface area contributed by atoms with Crippen molar-refractivity contribution in [3.05, 3.63) is 23.8 Å². The minimum Gasteiger partial charge on any atom is -0.397 e. The van der Waals surface area contributed by atoms with Gasteiger partial charge < -0.3 is 21.5 Å². The summed E-state index contributed by atoms with van der Waals surface area (Å²) in [6.07, 6.45) is 3.54.